The largest absolute Gasteiger partial charge is 0.355 e. The van der Waals surface area contributed by atoms with Crippen molar-refractivity contribution in [3.63, 3.8) is 0 Å². The fourth-order valence-corrected chi connectivity index (χ4v) is 3.52. The lowest BCUT2D eigenvalue weighted by Gasteiger charge is -2.32. The molecule has 26 heavy (non-hydrogen) atoms. The van der Waals surface area contributed by atoms with Crippen LogP contribution in [0.2, 0.25) is 5.02 Å². The van der Waals surface area contributed by atoms with Crippen LogP contribution in [0.5, 0.6) is 0 Å². The lowest BCUT2D eigenvalue weighted by molar-refractivity contribution is -0.126. The Balaban J connectivity index is 1.53. The Hall–Kier alpha value is -2.33. The average Bonchev–Trinajstić information content (AvgIpc) is 2.69. The molecule has 1 unspecified atom stereocenters. The maximum absolute atomic E-state index is 12.7. The Morgan fingerprint density at radius 2 is 1.81 bits per heavy atom. The molecule has 5 heteroatoms. The first-order valence-corrected chi connectivity index (χ1v) is 9.38. The number of likely N-dealkylation sites (tertiary alicyclic amines) is 1. The number of halogens is 1. The molecule has 1 fully saturated rings. The molecule has 3 rings (SSSR count). The summed E-state index contributed by atoms with van der Waals surface area (Å²) >= 11 is 6.14. The number of nitrogens with zero attached hydrogens (tertiary/aromatic N) is 1. The summed E-state index contributed by atoms with van der Waals surface area (Å²) in [6, 6.07) is 17.1. The molecule has 1 aliphatic rings. The first-order chi connectivity index (χ1) is 12.6. The van der Waals surface area contributed by atoms with Crippen molar-refractivity contribution in [3.05, 3.63) is 70.7 Å². The molecule has 1 atom stereocenters. The van der Waals surface area contributed by atoms with E-state index in [1.807, 2.05) is 18.2 Å². The summed E-state index contributed by atoms with van der Waals surface area (Å²) in [6.45, 7) is 1.72. The number of carbonyl (C=O) groups is 2. The fraction of sp³-hybridized carbons (Fsp3) is 0.333. The number of piperidine rings is 1. The van der Waals surface area contributed by atoms with E-state index in [0.717, 1.165) is 19.3 Å². The van der Waals surface area contributed by atoms with Crippen molar-refractivity contribution in [2.45, 2.75) is 19.3 Å². The lowest BCUT2D eigenvalue weighted by atomic mass is 9.96. The molecule has 1 heterocycles. The highest BCUT2D eigenvalue weighted by atomic mass is 35.5. The van der Waals surface area contributed by atoms with Gasteiger partial charge in [-0.2, -0.15) is 0 Å². The normalized spacial score (nSPS) is 17.0. The molecule has 2 aromatic carbocycles. The molecule has 4 nitrogen and oxygen atoms in total. The molecule has 136 valence electrons. The van der Waals surface area contributed by atoms with E-state index >= 15 is 0 Å². The standard InChI is InChI=1S/C21H23ClN2O2/c22-19-11-5-4-10-18(19)21(26)24-14-6-9-17(15-24)20(25)23-13-12-16-7-2-1-3-8-16/h1-5,7-8,10-11,17H,6,9,12-15H2,(H,23,25). The van der Waals surface area contributed by atoms with Crippen molar-refractivity contribution in [3.8, 4) is 0 Å². The Bertz CT molecular complexity index is 764. The Labute approximate surface area is 159 Å². The van der Waals surface area contributed by atoms with Crippen LogP contribution in [0.3, 0.4) is 0 Å². The monoisotopic (exact) mass is 370 g/mol. The summed E-state index contributed by atoms with van der Waals surface area (Å²) in [5.74, 6) is -0.235. The second-order valence-electron chi connectivity index (χ2n) is 6.60. The molecule has 0 radical (unpaired) electrons. The molecule has 0 saturated carbocycles. The number of nitrogens with one attached hydrogen (secondary N) is 1. The van der Waals surface area contributed by atoms with Crippen molar-refractivity contribution < 1.29 is 9.59 Å². The average molecular weight is 371 g/mol. The van der Waals surface area contributed by atoms with E-state index in [1.54, 1.807) is 29.2 Å². The Morgan fingerprint density at radius 1 is 1.08 bits per heavy atom. The van der Waals surface area contributed by atoms with Crippen LogP contribution in [0.15, 0.2) is 54.6 Å². The molecule has 2 aromatic rings. The van der Waals surface area contributed by atoms with Crippen LogP contribution in [0.25, 0.3) is 0 Å². The number of benzene rings is 2. The van der Waals surface area contributed by atoms with Crippen LogP contribution in [0.1, 0.15) is 28.8 Å². The Morgan fingerprint density at radius 3 is 2.58 bits per heavy atom. The maximum atomic E-state index is 12.7. The quantitative estimate of drug-likeness (QED) is 0.875. The molecule has 0 aromatic heterocycles. The van der Waals surface area contributed by atoms with Gasteiger partial charge in [0.1, 0.15) is 0 Å². The number of rotatable bonds is 5. The second-order valence-corrected chi connectivity index (χ2v) is 7.00. The van der Waals surface area contributed by atoms with Crippen molar-refractivity contribution in [1.82, 2.24) is 10.2 Å². The van der Waals surface area contributed by atoms with Gasteiger partial charge >= 0.3 is 0 Å². The molecular weight excluding hydrogens is 348 g/mol. The number of carbonyl (C=O) groups excluding carboxylic acids is 2. The van der Waals surface area contributed by atoms with E-state index in [0.29, 0.717) is 30.2 Å². The van der Waals surface area contributed by atoms with Crippen molar-refractivity contribution >= 4 is 23.4 Å². The predicted octanol–water partition coefficient (Wildman–Crippen LogP) is 3.55. The minimum atomic E-state index is -0.161. The van der Waals surface area contributed by atoms with Gasteiger partial charge in [-0.25, -0.2) is 0 Å². The zero-order valence-corrected chi connectivity index (χ0v) is 15.4. The topological polar surface area (TPSA) is 49.4 Å². The van der Waals surface area contributed by atoms with Crippen LogP contribution in [0.4, 0.5) is 0 Å². The SMILES string of the molecule is O=C(NCCc1ccccc1)C1CCCN(C(=O)c2ccccc2Cl)C1. The van der Waals surface area contributed by atoms with E-state index in [4.69, 9.17) is 11.6 Å². The lowest BCUT2D eigenvalue weighted by Crippen LogP contribution is -2.45. The summed E-state index contributed by atoms with van der Waals surface area (Å²) in [5, 5.41) is 3.46. The minimum Gasteiger partial charge on any atom is -0.355 e. The summed E-state index contributed by atoms with van der Waals surface area (Å²) in [4.78, 5) is 26.9. The molecular formula is C21H23ClN2O2. The third-order valence-corrected chi connectivity index (χ3v) is 5.07. The van der Waals surface area contributed by atoms with Crippen LogP contribution in [-0.2, 0) is 11.2 Å². The van der Waals surface area contributed by atoms with Gasteiger partial charge in [0.25, 0.3) is 5.91 Å². The zero-order valence-electron chi connectivity index (χ0n) is 14.7. The highest BCUT2D eigenvalue weighted by molar-refractivity contribution is 6.33. The van der Waals surface area contributed by atoms with Crippen molar-refractivity contribution in [2.24, 2.45) is 5.92 Å². The van der Waals surface area contributed by atoms with E-state index in [-0.39, 0.29) is 17.7 Å². The minimum absolute atomic E-state index is 0.0255. The van der Waals surface area contributed by atoms with Gasteiger partial charge in [-0.15, -0.1) is 0 Å². The third kappa shape index (κ3) is 4.64. The van der Waals surface area contributed by atoms with Gasteiger partial charge in [0.15, 0.2) is 0 Å². The van der Waals surface area contributed by atoms with Gasteiger partial charge in [0, 0.05) is 19.6 Å². The van der Waals surface area contributed by atoms with Gasteiger partial charge in [-0.3, -0.25) is 9.59 Å². The molecule has 0 spiro atoms. The first-order valence-electron chi connectivity index (χ1n) is 9.00. The smallest absolute Gasteiger partial charge is 0.255 e. The van der Waals surface area contributed by atoms with E-state index in [1.165, 1.54) is 5.56 Å². The highest BCUT2D eigenvalue weighted by Gasteiger charge is 2.29. The van der Waals surface area contributed by atoms with Crippen molar-refractivity contribution in [2.75, 3.05) is 19.6 Å². The summed E-state index contributed by atoms with van der Waals surface area (Å²) in [5.41, 5.74) is 1.70. The Kier molecular flexibility index (Phi) is 6.29. The van der Waals surface area contributed by atoms with Crippen LogP contribution in [-0.4, -0.2) is 36.3 Å². The number of hydrogen-bond donors (Lipinski definition) is 1. The van der Waals surface area contributed by atoms with Crippen LogP contribution < -0.4 is 5.32 Å². The van der Waals surface area contributed by atoms with Crippen LogP contribution >= 0.6 is 11.6 Å². The number of hydrogen-bond acceptors (Lipinski definition) is 2. The molecule has 2 amide bonds. The van der Waals surface area contributed by atoms with E-state index in [2.05, 4.69) is 17.4 Å². The van der Waals surface area contributed by atoms with Gasteiger partial charge in [-0.05, 0) is 37.0 Å². The molecule has 0 aliphatic carbocycles. The number of amides is 2. The summed E-state index contributed by atoms with van der Waals surface area (Å²) in [7, 11) is 0. The van der Waals surface area contributed by atoms with E-state index in [9.17, 15) is 9.59 Å². The fourth-order valence-electron chi connectivity index (χ4n) is 3.30. The highest BCUT2D eigenvalue weighted by Crippen LogP contribution is 2.22. The van der Waals surface area contributed by atoms with Gasteiger partial charge in [0.2, 0.25) is 5.91 Å². The summed E-state index contributed by atoms with van der Waals surface area (Å²) < 4.78 is 0. The van der Waals surface area contributed by atoms with Gasteiger partial charge < -0.3 is 10.2 Å². The molecule has 0 bridgehead atoms. The van der Waals surface area contributed by atoms with Gasteiger partial charge in [-0.1, -0.05) is 54.1 Å². The second kappa shape index (κ2) is 8.86. The molecule has 1 N–H and O–H groups in total. The zero-order chi connectivity index (χ0) is 18.4. The first kappa shape index (κ1) is 18.5. The van der Waals surface area contributed by atoms with Crippen molar-refractivity contribution in [1.29, 1.82) is 0 Å². The third-order valence-electron chi connectivity index (χ3n) is 4.74. The maximum Gasteiger partial charge on any atom is 0.255 e. The predicted molar refractivity (Wildman–Crippen MR) is 103 cm³/mol. The van der Waals surface area contributed by atoms with Crippen LogP contribution in [0, 0.1) is 5.92 Å². The van der Waals surface area contributed by atoms with E-state index < -0.39 is 0 Å². The van der Waals surface area contributed by atoms with Gasteiger partial charge in [0.05, 0.1) is 16.5 Å². The molecule has 1 saturated heterocycles. The summed E-state index contributed by atoms with van der Waals surface area (Å²) in [6.07, 6.45) is 2.44. The molecule has 1 aliphatic heterocycles.